The summed E-state index contributed by atoms with van der Waals surface area (Å²) in [5.41, 5.74) is -5.95. The number of ketones is 1. The van der Waals surface area contributed by atoms with Crippen molar-refractivity contribution in [1.29, 1.82) is 0 Å². The van der Waals surface area contributed by atoms with Crippen LogP contribution in [0, 0.1) is 0 Å². The molecule has 1 aromatic carbocycles. The monoisotopic (exact) mass is 302 g/mol. The first-order valence-electron chi connectivity index (χ1n) is 4.94. The molecule has 1 aromatic rings. The summed E-state index contributed by atoms with van der Waals surface area (Å²) in [5.74, 6) is -0.427. The Hall–Kier alpha value is -1.18. The topological polar surface area (TPSA) is 17.1 Å². The quantitative estimate of drug-likeness (QED) is 0.606. The van der Waals surface area contributed by atoms with E-state index in [1.165, 1.54) is 0 Å². The van der Waals surface area contributed by atoms with Crippen molar-refractivity contribution < 1.29 is 31.1 Å². The molecule has 0 spiro atoms. The second-order valence-electron chi connectivity index (χ2n) is 3.75. The maximum absolute atomic E-state index is 12.4. The lowest BCUT2D eigenvalue weighted by molar-refractivity contribution is -0.137. The van der Waals surface area contributed by atoms with E-state index in [0.29, 0.717) is 12.1 Å². The number of rotatable bonds is 3. The zero-order valence-electron chi connectivity index (χ0n) is 9.52. The molecule has 19 heavy (non-hydrogen) atoms. The van der Waals surface area contributed by atoms with Crippen molar-refractivity contribution in [1.82, 2.24) is 0 Å². The first-order chi connectivity index (χ1) is 8.49. The number of halogens is 6. The molecule has 0 aliphatic heterocycles. The van der Waals surface area contributed by atoms with Gasteiger partial charge in [0.2, 0.25) is 0 Å². The van der Waals surface area contributed by atoms with Gasteiger partial charge in [-0.1, -0.05) is 6.07 Å². The zero-order chi connectivity index (χ0) is 14.8. The Morgan fingerprint density at radius 1 is 1.16 bits per heavy atom. The van der Waals surface area contributed by atoms with Gasteiger partial charge in [-0.3, -0.25) is 4.79 Å². The molecule has 0 heterocycles. The van der Waals surface area contributed by atoms with Gasteiger partial charge < -0.3 is 0 Å². The van der Waals surface area contributed by atoms with Gasteiger partial charge in [0.15, 0.2) is 0 Å². The van der Waals surface area contributed by atoms with E-state index < -0.39 is 39.7 Å². The Kier molecular flexibility index (Phi) is 4.54. The molecule has 0 radical (unpaired) electrons. The highest BCUT2D eigenvalue weighted by Crippen LogP contribution is 2.41. The first kappa shape index (κ1) is 15.9. The molecule has 0 atom stereocenters. The number of hydrogen-bond acceptors (Lipinski definition) is 2. The maximum Gasteiger partial charge on any atom is 0.446 e. The van der Waals surface area contributed by atoms with Gasteiger partial charge in [-0.25, -0.2) is 0 Å². The van der Waals surface area contributed by atoms with Crippen LogP contribution < -0.4 is 0 Å². The largest absolute Gasteiger partial charge is 0.446 e. The van der Waals surface area contributed by atoms with Gasteiger partial charge in [-0.05, 0) is 36.4 Å². The molecule has 0 N–H and O–H groups in total. The zero-order valence-corrected chi connectivity index (χ0v) is 10.3. The molecule has 0 aliphatic rings. The van der Waals surface area contributed by atoms with Gasteiger partial charge in [-0.15, -0.1) is 0 Å². The van der Waals surface area contributed by atoms with Crippen LogP contribution in [0.1, 0.15) is 18.1 Å². The summed E-state index contributed by atoms with van der Waals surface area (Å²) in [5, 5.41) is 0. The highest BCUT2D eigenvalue weighted by molar-refractivity contribution is 8.00. The van der Waals surface area contributed by atoms with E-state index in [4.69, 9.17) is 0 Å². The van der Waals surface area contributed by atoms with Gasteiger partial charge in [0.05, 0.1) is 5.56 Å². The van der Waals surface area contributed by atoms with Crippen molar-refractivity contribution in [2.45, 2.75) is 29.9 Å². The molecule has 0 unspecified atom stereocenters. The first-order valence-corrected chi connectivity index (χ1v) is 5.76. The van der Waals surface area contributed by atoms with Gasteiger partial charge in [-0.2, -0.15) is 26.3 Å². The molecule has 0 aliphatic carbocycles. The maximum atomic E-state index is 12.4. The predicted octanol–water partition coefficient (Wildman–Crippen LogP) is 4.45. The second-order valence-corrected chi connectivity index (χ2v) is 4.85. The lowest BCUT2D eigenvalue weighted by Gasteiger charge is -2.13. The van der Waals surface area contributed by atoms with Crippen LogP contribution in [0.2, 0.25) is 0 Å². The fourth-order valence-corrected chi connectivity index (χ4v) is 2.07. The standard InChI is InChI=1S/C11H8F6OS/c1-6(18)4-7-2-3-8(10(12,13)14)5-9(7)19-11(15,16)17/h2-3,5H,4H2,1H3. The van der Waals surface area contributed by atoms with Gasteiger partial charge in [0.1, 0.15) is 5.78 Å². The Labute approximate surface area is 109 Å². The van der Waals surface area contributed by atoms with Crippen LogP contribution in [-0.4, -0.2) is 11.3 Å². The molecule has 0 fully saturated rings. The van der Waals surface area contributed by atoms with Crippen molar-refractivity contribution in [3.05, 3.63) is 29.3 Å². The van der Waals surface area contributed by atoms with Gasteiger partial charge in [0, 0.05) is 11.3 Å². The molecule has 106 valence electrons. The van der Waals surface area contributed by atoms with Crippen LogP contribution in [0.3, 0.4) is 0 Å². The molecule has 0 bridgehead atoms. The van der Waals surface area contributed by atoms with E-state index in [1.807, 2.05) is 0 Å². The van der Waals surface area contributed by atoms with E-state index in [9.17, 15) is 31.1 Å². The van der Waals surface area contributed by atoms with Crippen LogP contribution in [0.25, 0.3) is 0 Å². The highest BCUT2D eigenvalue weighted by Gasteiger charge is 2.34. The summed E-state index contributed by atoms with van der Waals surface area (Å²) in [6, 6.07) is 1.98. The van der Waals surface area contributed by atoms with Gasteiger partial charge >= 0.3 is 11.7 Å². The van der Waals surface area contributed by atoms with Crippen molar-refractivity contribution in [2.75, 3.05) is 0 Å². The van der Waals surface area contributed by atoms with E-state index in [-0.39, 0.29) is 12.0 Å². The van der Waals surface area contributed by atoms with Gasteiger partial charge in [0.25, 0.3) is 0 Å². The lowest BCUT2D eigenvalue weighted by Crippen LogP contribution is -2.09. The minimum absolute atomic E-state index is 0.0668. The molecule has 1 rings (SSSR count). The number of thioether (sulfide) groups is 1. The van der Waals surface area contributed by atoms with E-state index in [2.05, 4.69) is 0 Å². The number of hydrogen-bond donors (Lipinski definition) is 0. The predicted molar refractivity (Wildman–Crippen MR) is 57.7 cm³/mol. The Bertz CT molecular complexity index is 477. The lowest BCUT2D eigenvalue weighted by atomic mass is 10.1. The van der Waals surface area contributed by atoms with Crippen molar-refractivity contribution in [2.24, 2.45) is 0 Å². The Balaban J connectivity index is 3.22. The molecule has 8 heteroatoms. The normalized spacial score (nSPS) is 12.6. The summed E-state index contributed by atoms with van der Waals surface area (Å²) in [6.07, 6.45) is -5.06. The third-order valence-electron chi connectivity index (χ3n) is 2.06. The minimum atomic E-state index is -4.73. The molecule has 0 amide bonds. The average Bonchev–Trinajstić information content (AvgIpc) is 2.15. The molecule has 0 saturated heterocycles. The van der Waals surface area contributed by atoms with Crippen LogP contribution in [0.5, 0.6) is 0 Å². The summed E-state index contributed by atoms with van der Waals surface area (Å²) in [4.78, 5) is 10.3. The third kappa shape index (κ3) is 5.14. The fraction of sp³-hybridized carbons (Fsp3) is 0.364. The number of benzene rings is 1. The molecule has 1 nitrogen and oxygen atoms in total. The van der Waals surface area contributed by atoms with Crippen molar-refractivity contribution >= 4 is 17.5 Å². The van der Waals surface area contributed by atoms with Crippen LogP contribution in [0.15, 0.2) is 23.1 Å². The minimum Gasteiger partial charge on any atom is -0.300 e. The summed E-state index contributed by atoms with van der Waals surface area (Å²) in [6.45, 7) is 1.15. The van der Waals surface area contributed by atoms with Crippen molar-refractivity contribution in [3.63, 3.8) is 0 Å². The number of carbonyl (C=O) groups is 1. The Morgan fingerprint density at radius 2 is 1.74 bits per heavy atom. The van der Waals surface area contributed by atoms with E-state index >= 15 is 0 Å². The molecule has 0 aromatic heterocycles. The van der Waals surface area contributed by atoms with Crippen LogP contribution in [0.4, 0.5) is 26.3 Å². The molecule has 0 saturated carbocycles. The van der Waals surface area contributed by atoms with E-state index in [0.717, 1.165) is 13.0 Å². The average molecular weight is 302 g/mol. The van der Waals surface area contributed by atoms with Crippen molar-refractivity contribution in [3.8, 4) is 0 Å². The SMILES string of the molecule is CC(=O)Cc1ccc(C(F)(F)F)cc1SC(F)(F)F. The van der Waals surface area contributed by atoms with E-state index in [1.54, 1.807) is 0 Å². The second kappa shape index (κ2) is 5.44. The Morgan fingerprint density at radius 3 is 2.16 bits per heavy atom. The fourth-order valence-electron chi connectivity index (χ4n) is 1.36. The number of Topliss-reactive ketones (excluding diaryl/α,β-unsaturated/α-hetero) is 1. The summed E-state index contributed by atoms with van der Waals surface area (Å²) >= 11 is -0.653. The molecular formula is C11H8F6OS. The highest BCUT2D eigenvalue weighted by atomic mass is 32.2. The van der Waals surface area contributed by atoms with Crippen LogP contribution in [-0.2, 0) is 17.4 Å². The summed E-state index contributed by atoms with van der Waals surface area (Å²) in [7, 11) is 0. The smallest absolute Gasteiger partial charge is 0.300 e. The third-order valence-corrected chi connectivity index (χ3v) is 2.89. The number of alkyl halides is 6. The number of carbonyl (C=O) groups excluding carboxylic acids is 1. The van der Waals surface area contributed by atoms with Crippen LogP contribution >= 0.6 is 11.8 Å². The summed E-state index contributed by atoms with van der Waals surface area (Å²) < 4.78 is 74.2. The molecular weight excluding hydrogens is 294 g/mol.